The van der Waals surface area contributed by atoms with Gasteiger partial charge in [-0.25, -0.2) is 4.39 Å². The van der Waals surface area contributed by atoms with E-state index < -0.39 is 30.6 Å². The molecule has 1 fully saturated rings. The van der Waals surface area contributed by atoms with E-state index in [0.717, 1.165) is 0 Å². The number of ketones is 1. The summed E-state index contributed by atoms with van der Waals surface area (Å²) < 4.78 is 22.0. The fourth-order valence-corrected chi connectivity index (χ4v) is 1.48. The van der Waals surface area contributed by atoms with Crippen molar-refractivity contribution in [3.63, 3.8) is 0 Å². The smallest absolute Gasteiger partial charge is 0.304 e. The predicted molar refractivity (Wildman–Crippen MR) is 45.1 cm³/mol. The van der Waals surface area contributed by atoms with Crippen LogP contribution in [0.3, 0.4) is 0 Å². The molecule has 80 valence electrons. The summed E-state index contributed by atoms with van der Waals surface area (Å²) in [6.07, 6.45) is -0.715. The van der Waals surface area contributed by atoms with Crippen LogP contribution in [0.4, 0.5) is 4.39 Å². The molecule has 4 nitrogen and oxygen atoms in total. The van der Waals surface area contributed by atoms with Gasteiger partial charge in [0.2, 0.25) is 6.29 Å². The van der Waals surface area contributed by atoms with Gasteiger partial charge in [0.25, 0.3) is 0 Å². The maximum Gasteiger partial charge on any atom is 0.304 e. The second kappa shape index (κ2) is 4.50. The fraction of sp³-hybridized carbons (Fsp3) is 0.778. The van der Waals surface area contributed by atoms with Crippen molar-refractivity contribution in [1.29, 1.82) is 0 Å². The zero-order valence-electron chi connectivity index (χ0n) is 8.16. The summed E-state index contributed by atoms with van der Waals surface area (Å²) in [5.74, 6) is -1.73. The maximum absolute atomic E-state index is 12.1. The molecule has 14 heavy (non-hydrogen) atoms. The van der Waals surface area contributed by atoms with Crippen molar-refractivity contribution < 1.29 is 23.5 Å². The number of hydrogen-bond donors (Lipinski definition) is 0. The lowest BCUT2D eigenvalue weighted by Gasteiger charge is -2.16. The minimum absolute atomic E-state index is 0.127. The van der Waals surface area contributed by atoms with E-state index >= 15 is 0 Å². The molecule has 0 aromatic rings. The molecule has 0 aliphatic carbocycles. The molecule has 0 bridgehead atoms. The molecular formula is C9H13FO4. The van der Waals surface area contributed by atoms with Gasteiger partial charge in [-0.3, -0.25) is 9.59 Å². The van der Waals surface area contributed by atoms with E-state index in [1.807, 2.05) is 0 Å². The first kappa shape index (κ1) is 11.1. The zero-order chi connectivity index (χ0) is 10.7. The van der Waals surface area contributed by atoms with Crippen LogP contribution in [-0.2, 0) is 19.1 Å². The van der Waals surface area contributed by atoms with Gasteiger partial charge in [-0.2, -0.15) is 0 Å². The molecular weight excluding hydrogens is 191 g/mol. The van der Waals surface area contributed by atoms with Gasteiger partial charge >= 0.3 is 5.97 Å². The Kier molecular flexibility index (Phi) is 3.57. The van der Waals surface area contributed by atoms with Gasteiger partial charge in [-0.15, -0.1) is 0 Å². The van der Waals surface area contributed by atoms with Crippen LogP contribution in [0.25, 0.3) is 0 Å². The average Bonchev–Trinajstić information content (AvgIpc) is 2.46. The Labute approximate surface area is 81.4 Å². The first-order chi connectivity index (χ1) is 6.56. The van der Waals surface area contributed by atoms with E-state index in [9.17, 15) is 14.0 Å². The van der Waals surface area contributed by atoms with Crippen molar-refractivity contribution in [3.8, 4) is 0 Å². The molecule has 0 aromatic heterocycles. The largest absolute Gasteiger partial charge is 0.436 e. The number of rotatable bonds is 3. The number of hydrogen-bond acceptors (Lipinski definition) is 4. The number of carbonyl (C=O) groups excluding carboxylic acids is 2. The van der Waals surface area contributed by atoms with E-state index in [1.165, 1.54) is 6.92 Å². The first-order valence-corrected chi connectivity index (χ1v) is 4.43. The Morgan fingerprint density at radius 3 is 2.71 bits per heavy atom. The topological polar surface area (TPSA) is 52.6 Å². The van der Waals surface area contributed by atoms with Crippen LogP contribution in [0.15, 0.2) is 0 Å². The van der Waals surface area contributed by atoms with Gasteiger partial charge in [-0.05, 0) is 0 Å². The van der Waals surface area contributed by atoms with Crippen molar-refractivity contribution >= 4 is 11.8 Å². The summed E-state index contributed by atoms with van der Waals surface area (Å²) in [5, 5.41) is 0. The molecule has 0 amide bonds. The highest BCUT2D eigenvalue weighted by atomic mass is 19.1. The van der Waals surface area contributed by atoms with Crippen LogP contribution in [0, 0.1) is 11.8 Å². The Morgan fingerprint density at radius 2 is 2.21 bits per heavy atom. The van der Waals surface area contributed by atoms with Gasteiger partial charge < -0.3 is 9.47 Å². The molecule has 0 radical (unpaired) electrons. The van der Waals surface area contributed by atoms with E-state index in [4.69, 9.17) is 9.47 Å². The summed E-state index contributed by atoms with van der Waals surface area (Å²) in [7, 11) is 0. The molecule has 0 N–H and O–H groups in total. The molecule has 3 atom stereocenters. The molecule has 0 unspecified atom stereocenters. The van der Waals surface area contributed by atoms with Crippen LogP contribution in [0.2, 0.25) is 0 Å². The molecule has 1 aliphatic heterocycles. The van der Waals surface area contributed by atoms with Crippen molar-refractivity contribution in [3.05, 3.63) is 0 Å². The molecule has 0 spiro atoms. The zero-order valence-corrected chi connectivity index (χ0v) is 8.16. The maximum atomic E-state index is 12.1. The van der Waals surface area contributed by atoms with E-state index in [-0.39, 0.29) is 12.5 Å². The minimum atomic E-state index is -0.995. The highest BCUT2D eigenvalue weighted by Gasteiger charge is 2.39. The van der Waals surface area contributed by atoms with Crippen molar-refractivity contribution in [2.45, 2.75) is 20.1 Å². The molecule has 0 saturated carbocycles. The normalized spacial score (nSPS) is 31.5. The average molecular weight is 204 g/mol. The van der Waals surface area contributed by atoms with Gasteiger partial charge in [0.05, 0.1) is 12.5 Å². The third-order valence-corrected chi connectivity index (χ3v) is 2.33. The van der Waals surface area contributed by atoms with Gasteiger partial charge in [0.1, 0.15) is 6.67 Å². The minimum Gasteiger partial charge on any atom is -0.436 e. The third kappa shape index (κ3) is 2.29. The van der Waals surface area contributed by atoms with Crippen LogP contribution < -0.4 is 0 Å². The van der Waals surface area contributed by atoms with Gasteiger partial charge in [0, 0.05) is 12.8 Å². The summed E-state index contributed by atoms with van der Waals surface area (Å²) >= 11 is 0. The Morgan fingerprint density at radius 1 is 1.57 bits per heavy atom. The quantitative estimate of drug-likeness (QED) is 0.635. The van der Waals surface area contributed by atoms with Crippen molar-refractivity contribution in [2.75, 3.05) is 13.3 Å². The molecule has 1 saturated heterocycles. The Hall–Kier alpha value is -0.970. The lowest BCUT2D eigenvalue weighted by molar-refractivity contribution is -0.172. The number of carbonyl (C=O) groups is 2. The van der Waals surface area contributed by atoms with Crippen LogP contribution >= 0.6 is 0 Å². The summed E-state index contributed by atoms with van der Waals surface area (Å²) in [6.45, 7) is 2.10. The van der Waals surface area contributed by atoms with Crippen molar-refractivity contribution in [1.82, 2.24) is 0 Å². The third-order valence-electron chi connectivity index (χ3n) is 2.33. The van der Waals surface area contributed by atoms with E-state index in [1.54, 1.807) is 6.92 Å². The molecule has 1 rings (SSSR count). The van der Waals surface area contributed by atoms with Crippen LogP contribution in [-0.4, -0.2) is 31.3 Å². The Bertz CT molecular complexity index is 241. The number of ether oxygens (including phenoxy) is 2. The van der Waals surface area contributed by atoms with E-state index in [0.29, 0.717) is 0 Å². The second-order valence-electron chi connectivity index (χ2n) is 3.38. The highest BCUT2D eigenvalue weighted by Crippen LogP contribution is 2.28. The Balaban J connectivity index is 2.55. The monoisotopic (exact) mass is 204 g/mol. The van der Waals surface area contributed by atoms with Gasteiger partial charge in [0.15, 0.2) is 5.78 Å². The van der Waals surface area contributed by atoms with Crippen LogP contribution in [0.1, 0.15) is 13.8 Å². The van der Waals surface area contributed by atoms with Crippen molar-refractivity contribution in [2.24, 2.45) is 11.8 Å². The number of esters is 1. The van der Waals surface area contributed by atoms with Gasteiger partial charge in [-0.1, -0.05) is 6.92 Å². The summed E-state index contributed by atoms with van der Waals surface area (Å²) in [6, 6.07) is 0. The second-order valence-corrected chi connectivity index (χ2v) is 3.38. The number of alkyl halides is 1. The predicted octanol–water partition coefficient (Wildman–Crippen LogP) is 0.697. The fourth-order valence-electron chi connectivity index (χ4n) is 1.48. The number of halogens is 1. The SMILES string of the molecule is CC(=O)O[C@@H]1OC[C@@H](C(=O)CF)[C@@H]1C. The number of Topliss-reactive ketones (excluding diaryl/α,β-unsaturated/α-hetero) is 1. The first-order valence-electron chi connectivity index (χ1n) is 4.43. The summed E-state index contributed by atoms with van der Waals surface area (Å²) in [5.41, 5.74) is 0. The lowest BCUT2D eigenvalue weighted by atomic mass is 9.93. The standard InChI is InChI=1S/C9H13FO4/c1-5-7(8(12)3-10)4-13-9(5)14-6(2)11/h5,7,9H,3-4H2,1-2H3/t5-,7+,9-/m0/s1. The molecule has 5 heteroatoms. The van der Waals surface area contributed by atoms with E-state index in [2.05, 4.69) is 0 Å². The molecule has 1 aliphatic rings. The van der Waals surface area contributed by atoms with Crippen LogP contribution in [0.5, 0.6) is 0 Å². The molecule has 0 aromatic carbocycles. The molecule has 1 heterocycles. The lowest BCUT2D eigenvalue weighted by Crippen LogP contribution is -2.27. The highest BCUT2D eigenvalue weighted by molar-refractivity contribution is 5.82. The summed E-state index contributed by atoms with van der Waals surface area (Å²) in [4.78, 5) is 21.7.